The molecule has 128 heavy (non-hydrogen) atoms. The van der Waals surface area contributed by atoms with Crippen LogP contribution < -0.4 is 10.6 Å². The monoisotopic (exact) mass is 1800 g/mol. The number of rotatable bonds is 25. The average Bonchev–Trinajstić information content (AvgIpc) is 1.19. The number of carbonyl (C=O) groups excluding carboxylic acids is 4. The van der Waals surface area contributed by atoms with E-state index in [2.05, 4.69) is 40.0 Å². The van der Waals surface area contributed by atoms with Crippen LogP contribution in [0, 0.1) is 58.7 Å². The summed E-state index contributed by atoms with van der Waals surface area (Å²) in [5, 5.41) is 92.1. The van der Waals surface area contributed by atoms with Crippen molar-refractivity contribution in [2.45, 2.75) is 146 Å². The highest BCUT2D eigenvalue weighted by Crippen LogP contribution is 2.19. The van der Waals surface area contributed by atoms with Gasteiger partial charge in [-0.2, -0.15) is 5.26 Å². The minimum absolute atomic E-state index is 0.0310. The van der Waals surface area contributed by atoms with Crippen LogP contribution >= 0.6 is 0 Å². The van der Waals surface area contributed by atoms with Gasteiger partial charge >= 0.3 is 47.8 Å². The summed E-state index contributed by atoms with van der Waals surface area (Å²) in [7, 11) is 0. The van der Waals surface area contributed by atoms with Crippen molar-refractivity contribution in [2.75, 3.05) is 209 Å². The molecule has 4 saturated heterocycles. The van der Waals surface area contributed by atoms with Crippen molar-refractivity contribution in [1.82, 2.24) is 59.6 Å². The molecule has 6 N–H and O–H groups in total. The van der Waals surface area contributed by atoms with Crippen molar-refractivity contribution in [1.29, 1.82) is 5.26 Å². The van der Waals surface area contributed by atoms with Crippen molar-refractivity contribution >= 4 is 70.5 Å². The van der Waals surface area contributed by atoms with Gasteiger partial charge < -0.3 is 50.0 Å². The number of carboxylic acids is 4. The number of hydrogen-bond donors (Lipinski definition) is 6. The maximum atomic E-state index is 12.1. The van der Waals surface area contributed by atoms with Crippen LogP contribution in [0.1, 0.15) is 119 Å². The van der Waals surface area contributed by atoms with Gasteiger partial charge in [-0.25, -0.2) is 0 Å². The first-order valence-electron chi connectivity index (χ1n) is 42.5. The highest BCUT2D eigenvalue weighted by atomic mass is 16.6. The maximum Gasteiger partial charge on any atom is 0.320 e. The number of benzene rings is 4. The summed E-state index contributed by atoms with van der Waals surface area (Å²) in [6.45, 7) is 45.5. The van der Waals surface area contributed by atoms with Gasteiger partial charge in [0.15, 0.2) is 0 Å². The Bertz CT molecular complexity index is 3770. The number of esters is 4. The summed E-state index contributed by atoms with van der Waals surface area (Å²) < 4.78 is 21.6. The van der Waals surface area contributed by atoms with Gasteiger partial charge in [-0.3, -0.25) is 128 Å². The third-order valence-electron chi connectivity index (χ3n) is 18.7. The highest BCUT2D eigenvalue weighted by Gasteiger charge is 2.28. The molecule has 0 atom stereocenters. The molecular formula is C87H137N17O24. The number of carboxylic acid groups (broad SMARTS) is 4. The lowest BCUT2D eigenvalue weighted by molar-refractivity contribution is -0.385. The lowest BCUT2D eigenvalue weighted by Crippen LogP contribution is -2.42. The molecule has 4 aliphatic heterocycles. The lowest BCUT2D eigenvalue weighted by atomic mass is 10.2. The van der Waals surface area contributed by atoms with Crippen LogP contribution in [0.15, 0.2) is 97.1 Å². The van der Waals surface area contributed by atoms with E-state index in [1.165, 1.54) is 55.5 Å². The van der Waals surface area contributed by atoms with Crippen molar-refractivity contribution in [3.63, 3.8) is 0 Å². The summed E-state index contributed by atoms with van der Waals surface area (Å²) in [4.78, 5) is 152. The van der Waals surface area contributed by atoms with Crippen LogP contribution in [0.25, 0.3) is 0 Å². The third kappa shape index (κ3) is 56.4. The molecule has 4 aromatic carbocycles. The number of ether oxygens (including phenoxy) is 4. The molecule has 4 aliphatic rings. The molecule has 0 spiro atoms. The van der Waals surface area contributed by atoms with Crippen molar-refractivity contribution in [3.8, 4) is 6.07 Å². The zero-order chi connectivity index (χ0) is 96.3. The maximum absolute atomic E-state index is 12.1. The van der Waals surface area contributed by atoms with Gasteiger partial charge in [0, 0.05) is 226 Å². The van der Waals surface area contributed by atoms with Gasteiger partial charge in [0.1, 0.15) is 22.4 Å². The molecule has 41 nitrogen and oxygen atoms in total. The van der Waals surface area contributed by atoms with Crippen molar-refractivity contribution in [2.24, 2.45) is 0 Å². The standard InChI is InChI=1S/2C18H35N3O4.2C17H24N4O6.C8H9NO2.C7H7NO2.C2H3N/c2*1-17(2,3)24-15(22)13-20-9-7-19-8-10-21(12-11-20)14-16(23)25-18(4,5)6;2*22-16(23)12-19-7-5-18(6-8-20(10-9-19)13-17(24)25)11-14-1-3-15(4-2-14)21(26)27;1-2-7-3-5-8(6-4-7)9(10)11;1-6-2-4-7(5-3-6)8(9)10;1-2-3/h2*19H,7-14H2,1-6H3;2*1-4H,5-13H2,(H,22,23)(H,24,25);3-6H,2H2,1H3;2-5H,1H3;1H3. The Morgan fingerprint density at radius 2 is 0.500 bits per heavy atom. The largest absolute Gasteiger partial charge is 0.480 e. The number of nitriles is 1. The lowest BCUT2D eigenvalue weighted by Gasteiger charge is -2.27. The number of nitro groups is 4. The van der Waals surface area contributed by atoms with Crippen molar-refractivity contribution < 1.29 is 97.4 Å². The Balaban J connectivity index is 0.000000531. The van der Waals surface area contributed by atoms with Crippen LogP contribution in [-0.2, 0) is 76.8 Å². The van der Waals surface area contributed by atoms with Gasteiger partial charge in [-0.05, 0) is 113 Å². The van der Waals surface area contributed by atoms with Crippen LogP contribution in [0.3, 0.4) is 0 Å². The highest BCUT2D eigenvalue weighted by molar-refractivity contribution is 5.74. The fraction of sp³-hybridized carbons (Fsp3) is 0.621. The summed E-state index contributed by atoms with van der Waals surface area (Å²) in [6.07, 6.45) is 0.915. The van der Waals surface area contributed by atoms with Crippen LogP contribution in [0.4, 0.5) is 22.7 Å². The third-order valence-corrected chi connectivity index (χ3v) is 18.7. The molecule has 0 aromatic heterocycles. The van der Waals surface area contributed by atoms with Crippen LogP contribution in [0.2, 0.25) is 0 Å². The number of nitrogens with zero attached hydrogens (tertiary/aromatic N) is 15. The summed E-state index contributed by atoms with van der Waals surface area (Å²) in [6, 6.07) is 27.4. The van der Waals surface area contributed by atoms with E-state index < -0.39 is 61.1 Å². The minimum atomic E-state index is -0.916. The van der Waals surface area contributed by atoms with E-state index in [-0.39, 0.29) is 104 Å². The zero-order valence-electron chi connectivity index (χ0n) is 77.1. The summed E-state index contributed by atoms with van der Waals surface area (Å²) in [5.74, 6) is -4.53. The second kappa shape index (κ2) is 59.4. The Hall–Kier alpha value is -10.8. The molecule has 0 unspecified atom stereocenters. The predicted molar refractivity (Wildman–Crippen MR) is 480 cm³/mol. The Morgan fingerprint density at radius 1 is 0.328 bits per heavy atom. The van der Waals surface area contributed by atoms with E-state index in [1.54, 1.807) is 74.2 Å². The molecule has 0 saturated carbocycles. The summed E-state index contributed by atoms with van der Waals surface area (Å²) in [5.41, 5.74) is 2.44. The van der Waals surface area contributed by atoms with Crippen LogP contribution in [0.5, 0.6) is 0 Å². The molecule has 0 amide bonds. The molecule has 0 radical (unpaired) electrons. The van der Waals surface area contributed by atoms with E-state index in [9.17, 15) is 78.8 Å². The molecule has 4 aromatic rings. The smallest absolute Gasteiger partial charge is 0.320 e. The van der Waals surface area contributed by atoms with E-state index in [1.807, 2.05) is 96.9 Å². The number of nitro benzene ring substituents is 4. The number of aryl methyl sites for hydroxylation is 2. The van der Waals surface area contributed by atoms with E-state index in [0.717, 1.165) is 81.0 Å². The quantitative estimate of drug-likeness (QED) is 0.0174. The fourth-order valence-corrected chi connectivity index (χ4v) is 12.6. The molecule has 4 heterocycles. The van der Waals surface area contributed by atoms with Gasteiger partial charge in [0.2, 0.25) is 0 Å². The topological polar surface area (TPSA) is 507 Å². The number of aliphatic carboxylic acids is 4. The van der Waals surface area contributed by atoms with Gasteiger partial charge in [0.25, 0.3) is 22.7 Å². The van der Waals surface area contributed by atoms with Gasteiger partial charge in [-0.1, -0.05) is 61.0 Å². The van der Waals surface area contributed by atoms with Gasteiger partial charge in [0.05, 0.1) is 78.1 Å². The molecular weight excluding hydrogens is 1670 g/mol. The predicted octanol–water partition coefficient (Wildman–Crippen LogP) is 6.71. The molecule has 41 heteroatoms. The van der Waals surface area contributed by atoms with Crippen molar-refractivity contribution in [3.05, 3.63) is 160 Å². The molecule has 8 rings (SSSR count). The van der Waals surface area contributed by atoms with E-state index in [0.29, 0.717) is 118 Å². The second-order valence-electron chi connectivity index (χ2n) is 34.6. The SMILES string of the molecule is CC#N.CC(C)(C)OC(=O)CN1CCNCCN(CC(=O)OC(C)(C)C)CC1.CC(C)(C)OC(=O)CN1CCNCCN(CC(=O)OC(C)(C)C)CC1.CCc1ccc([N+](=O)[O-])cc1.Cc1ccc([N+](=O)[O-])cc1.O=C(O)CN1CCN(CC(=O)O)CCN(Cc2ccc([N+](=O)[O-])cc2)CC1.O=C(O)CN1CCN(CC(=O)O)CCN(Cc2ccc([N+](=O)[O-])cc2)CC1. The molecule has 4 fully saturated rings. The van der Waals surface area contributed by atoms with E-state index in [4.69, 9.17) is 44.6 Å². The minimum Gasteiger partial charge on any atom is -0.480 e. The first kappa shape index (κ1) is 113. The number of hydrogen-bond acceptors (Lipinski definition) is 33. The number of nitrogens with one attached hydrogen (secondary N) is 2. The van der Waals surface area contributed by atoms with Crippen LogP contribution in [-0.4, -0.2) is 369 Å². The van der Waals surface area contributed by atoms with E-state index >= 15 is 0 Å². The Morgan fingerprint density at radius 3 is 0.672 bits per heavy atom. The fourth-order valence-electron chi connectivity index (χ4n) is 12.6. The first-order valence-corrected chi connectivity index (χ1v) is 42.5. The number of carbonyl (C=O) groups is 8. The molecule has 0 aliphatic carbocycles. The Labute approximate surface area is 750 Å². The first-order chi connectivity index (χ1) is 59.9. The molecule has 0 bridgehead atoms. The normalized spacial score (nSPS) is 16.4. The zero-order valence-corrected chi connectivity index (χ0v) is 77.1. The number of non-ortho nitro benzene ring substituents is 4. The van der Waals surface area contributed by atoms with Gasteiger partial charge in [-0.15, -0.1) is 0 Å². The Kier molecular flexibility index (Phi) is 52.6. The molecule has 714 valence electrons. The summed E-state index contributed by atoms with van der Waals surface area (Å²) >= 11 is 0. The average molecular weight is 1810 g/mol. The second-order valence-corrected chi connectivity index (χ2v) is 34.6.